The molecule has 0 bridgehead atoms. The molecule has 5 unspecified atom stereocenters. The van der Waals surface area contributed by atoms with Crippen molar-refractivity contribution in [3.8, 4) is 0 Å². The second-order valence-corrected chi connectivity index (χ2v) is 30.1. The third kappa shape index (κ3) is 76.0. The molecule has 0 aliphatic carbocycles. The van der Waals surface area contributed by atoms with Crippen LogP contribution >= 0.6 is 15.6 Å². The van der Waals surface area contributed by atoms with E-state index in [-0.39, 0.29) is 19.3 Å². The molecule has 0 saturated heterocycles. The molecule has 0 spiro atoms. The Morgan fingerprint density at radius 3 is 0.869 bits per heavy atom. The number of rotatable bonds is 77. The van der Waals surface area contributed by atoms with Gasteiger partial charge in [-0.2, -0.15) is 0 Å². The maximum Gasteiger partial charge on any atom is 0.472 e. The zero-order valence-electron chi connectivity index (χ0n) is 63.2. The van der Waals surface area contributed by atoms with Crippen LogP contribution < -0.4 is 0 Å². The van der Waals surface area contributed by atoms with Crippen LogP contribution in [0.4, 0.5) is 0 Å². The Kier molecular flexibility index (Phi) is 72.4. The van der Waals surface area contributed by atoms with E-state index >= 15 is 0 Å². The Labute approximate surface area is 604 Å². The van der Waals surface area contributed by atoms with E-state index < -0.39 is 91.5 Å². The van der Waals surface area contributed by atoms with Crippen LogP contribution in [0.15, 0.2) is 72.9 Å². The first kappa shape index (κ1) is 96.0. The fourth-order valence-corrected chi connectivity index (χ4v) is 12.9. The quantitative estimate of drug-likeness (QED) is 0.0146. The maximum absolute atomic E-state index is 12.9. The molecule has 0 amide bonds. The molecule has 5 atom stereocenters. The van der Waals surface area contributed by atoms with E-state index in [0.717, 1.165) is 109 Å². The number of aliphatic hydroxyl groups is 2. The van der Waals surface area contributed by atoms with Gasteiger partial charge in [-0.15, -0.1) is 0 Å². The van der Waals surface area contributed by atoms with Gasteiger partial charge in [-0.05, 0) is 89.9 Å². The number of allylic oxidation sites excluding steroid dienone is 12. The zero-order chi connectivity index (χ0) is 72.3. The van der Waals surface area contributed by atoms with Crippen molar-refractivity contribution in [3.63, 3.8) is 0 Å². The van der Waals surface area contributed by atoms with Crippen molar-refractivity contribution in [3.05, 3.63) is 72.9 Å². The second kappa shape index (κ2) is 74.7. The Morgan fingerprint density at radius 2 is 0.535 bits per heavy atom. The number of carbonyl (C=O) groups is 3. The normalized spacial score (nSPS) is 14.4. The van der Waals surface area contributed by atoms with Crippen LogP contribution in [-0.4, -0.2) is 95.9 Å². The SMILES string of the molecule is CC/C=C\C/C=C\C/C=C\C/C=C\C/C=C\CCCCCCCCCCCCCCCCCCCCCC(=O)OCC(O)COP(=O)(O)OCC(O)COP(=O)(O)OCC(COC(=O)CCCCCCCCCCCCCCCCC)OC(=O)CCCCCCC/C=C\CCCCCC. The highest BCUT2D eigenvalue weighted by molar-refractivity contribution is 7.47. The molecule has 0 aliphatic heterocycles. The van der Waals surface area contributed by atoms with Crippen molar-refractivity contribution in [2.75, 3.05) is 39.6 Å². The molecule has 4 N–H and O–H groups in total. The van der Waals surface area contributed by atoms with Crippen molar-refractivity contribution < 1.29 is 75.8 Å². The predicted octanol–water partition coefficient (Wildman–Crippen LogP) is 23.4. The smallest absolute Gasteiger partial charge is 0.463 e. The largest absolute Gasteiger partial charge is 0.472 e. The lowest BCUT2D eigenvalue weighted by Crippen LogP contribution is -2.30. The van der Waals surface area contributed by atoms with Gasteiger partial charge in [0.1, 0.15) is 25.4 Å². The van der Waals surface area contributed by atoms with Gasteiger partial charge < -0.3 is 34.2 Å². The van der Waals surface area contributed by atoms with Gasteiger partial charge in [0.15, 0.2) is 6.10 Å². The summed E-state index contributed by atoms with van der Waals surface area (Å²) in [7, 11) is -9.77. The van der Waals surface area contributed by atoms with Gasteiger partial charge in [-0.3, -0.25) is 32.5 Å². The van der Waals surface area contributed by atoms with E-state index in [2.05, 4.69) is 93.7 Å². The van der Waals surface area contributed by atoms with E-state index in [1.807, 2.05) is 0 Å². The van der Waals surface area contributed by atoms with E-state index in [1.165, 1.54) is 199 Å². The van der Waals surface area contributed by atoms with E-state index in [1.54, 1.807) is 0 Å². The maximum atomic E-state index is 12.9. The van der Waals surface area contributed by atoms with Gasteiger partial charge >= 0.3 is 33.6 Å². The van der Waals surface area contributed by atoms with Gasteiger partial charge in [0.2, 0.25) is 0 Å². The minimum Gasteiger partial charge on any atom is -0.463 e. The summed E-state index contributed by atoms with van der Waals surface area (Å²) >= 11 is 0. The number of phosphoric acid groups is 2. The molecule has 0 aromatic heterocycles. The molecule has 16 nitrogen and oxygen atoms in total. The van der Waals surface area contributed by atoms with Crippen molar-refractivity contribution in [1.82, 2.24) is 0 Å². The number of hydrogen-bond acceptors (Lipinski definition) is 14. The summed E-state index contributed by atoms with van der Waals surface area (Å²) < 4.78 is 61.1. The summed E-state index contributed by atoms with van der Waals surface area (Å²) in [6, 6.07) is 0. The lowest BCUT2D eigenvalue weighted by atomic mass is 10.0. The molecule has 0 aromatic carbocycles. The summed E-state index contributed by atoms with van der Waals surface area (Å²) in [5.74, 6) is -1.56. The Bertz CT molecular complexity index is 2090. The highest BCUT2D eigenvalue weighted by atomic mass is 31.2. The molecule has 99 heavy (non-hydrogen) atoms. The molecule has 0 aromatic rings. The molecular weight excluding hydrogens is 1290 g/mol. The average molecular weight is 1440 g/mol. The number of hydrogen-bond donors (Lipinski definition) is 4. The molecule has 0 aliphatic rings. The van der Waals surface area contributed by atoms with Crippen molar-refractivity contribution in [2.24, 2.45) is 0 Å². The Balaban J connectivity index is 4.29. The van der Waals surface area contributed by atoms with Gasteiger partial charge in [0.05, 0.1) is 26.4 Å². The first-order valence-electron chi connectivity index (χ1n) is 40.2. The van der Waals surface area contributed by atoms with Crippen LogP contribution in [-0.2, 0) is 55.8 Å². The molecule has 0 radical (unpaired) electrons. The van der Waals surface area contributed by atoms with Crippen LogP contribution in [0.25, 0.3) is 0 Å². The van der Waals surface area contributed by atoms with Crippen molar-refractivity contribution in [1.29, 1.82) is 0 Å². The van der Waals surface area contributed by atoms with Crippen LogP contribution in [0.5, 0.6) is 0 Å². The number of ether oxygens (including phenoxy) is 3. The lowest BCUT2D eigenvalue weighted by molar-refractivity contribution is -0.161. The minimum atomic E-state index is -4.92. The molecular formula is C81H148O16P2. The van der Waals surface area contributed by atoms with Gasteiger partial charge in [-0.1, -0.05) is 331 Å². The summed E-state index contributed by atoms with van der Waals surface area (Å²) in [4.78, 5) is 58.5. The van der Waals surface area contributed by atoms with Crippen molar-refractivity contribution >= 4 is 33.6 Å². The monoisotopic (exact) mass is 1440 g/mol. The first-order valence-corrected chi connectivity index (χ1v) is 43.2. The van der Waals surface area contributed by atoms with Crippen LogP contribution in [0.3, 0.4) is 0 Å². The van der Waals surface area contributed by atoms with Gasteiger partial charge in [0.25, 0.3) is 0 Å². The predicted molar refractivity (Wildman–Crippen MR) is 408 cm³/mol. The lowest BCUT2D eigenvalue weighted by Gasteiger charge is -2.21. The summed E-state index contributed by atoms with van der Waals surface area (Å²) in [6.07, 6.45) is 82.7. The average Bonchev–Trinajstić information content (AvgIpc) is 1.09. The Morgan fingerprint density at radius 1 is 0.293 bits per heavy atom. The molecule has 578 valence electrons. The fourth-order valence-electron chi connectivity index (χ4n) is 11.3. The minimum absolute atomic E-state index is 0.100. The third-order valence-corrected chi connectivity index (χ3v) is 19.3. The number of carbonyl (C=O) groups excluding carboxylic acids is 3. The van der Waals surface area contributed by atoms with E-state index in [9.17, 15) is 43.5 Å². The summed E-state index contributed by atoms with van der Waals surface area (Å²) in [5, 5.41) is 20.6. The van der Waals surface area contributed by atoms with Crippen LogP contribution in [0.2, 0.25) is 0 Å². The first-order chi connectivity index (χ1) is 48.2. The third-order valence-electron chi connectivity index (χ3n) is 17.4. The van der Waals surface area contributed by atoms with E-state index in [0.29, 0.717) is 19.3 Å². The van der Waals surface area contributed by atoms with E-state index in [4.69, 9.17) is 32.3 Å². The molecule has 0 saturated carbocycles. The zero-order valence-corrected chi connectivity index (χ0v) is 65.0. The standard InChI is InChI=1S/C81H148O16P2/c1-4-7-10-13-16-19-22-25-27-28-29-30-31-32-33-34-35-36-37-38-39-40-41-42-43-44-45-46-48-51-52-55-58-61-64-67-79(84)91-70-76(82)71-93-98(87,88)94-72-77(83)73-95-99(89,90)96-75-78(97-81(86)69-66-63-60-57-54-49-24-21-18-15-12-9-6-3)74-92-80(85)68-65-62-59-56-53-50-47-26-23-20-17-14-11-8-5-2/h7,10,16,19,21,24-25,27,29-30,32-33,76-78,82-83H,4-6,8-9,11-15,17-18,20,22-23,26,28,31,34-75H2,1-3H3,(H,87,88)(H,89,90)/b10-7-,19-16-,24-21-,27-25-,30-29-,33-32-. The van der Waals surface area contributed by atoms with Crippen LogP contribution in [0.1, 0.15) is 367 Å². The molecule has 0 heterocycles. The second-order valence-electron chi connectivity index (χ2n) is 27.2. The van der Waals surface area contributed by atoms with Gasteiger partial charge in [0, 0.05) is 19.3 Å². The molecule has 0 fully saturated rings. The van der Waals surface area contributed by atoms with Crippen molar-refractivity contribution in [2.45, 2.75) is 386 Å². The fraction of sp³-hybridized carbons (Fsp3) is 0.815. The highest BCUT2D eigenvalue weighted by Gasteiger charge is 2.29. The molecule has 18 heteroatoms. The highest BCUT2D eigenvalue weighted by Crippen LogP contribution is 2.45. The topological polar surface area (TPSA) is 231 Å². The molecule has 0 rings (SSSR count). The number of phosphoric ester groups is 2. The van der Waals surface area contributed by atoms with Gasteiger partial charge in [-0.25, -0.2) is 9.13 Å². The summed E-state index contributed by atoms with van der Waals surface area (Å²) in [5.41, 5.74) is 0. The number of esters is 3. The number of unbranched alkanes of at least 4 members (excludes halogenated alkanes) is 42. The van der Waals surface area contributed by atoms with Crippen LogP contribution in [0, 0.1) is 0 Å². The Hall–Kier alpha value is -3.01. The summed E-state index contributed by atoms with van der Waals surface area (Å²) in [6.45, 7) is 2.60. The number of aliphatic hydroxyl groups excluding tert-OH is 2.